The molecule has 0 spiro atoms. The van der Waals surface area contributed by atoms with Crippen LogP contribution in [0.2, 0.25) is 0 Å². The highest BCUT2D eigenvalue weighted by atomic mass is 79.9. The molecule has 0 aliphatic heterocycles. The maximum Gasteiger partial charge on any atom is 0.141 e. The maximum atomic E-state index is 13.2. The lowest BCUT2D eigenvalue weighted by Gasteiger charge is -2.08. The summed E-state index contributed by atoms with van der Waals surface area (Å²) in [5, 5.41) is 3.21. The molecule has 0 aliphatic rings. The van der Waals surface area contributed by atoms with Crippen molar-refractivity contribution >= 4 is 21.6 Å². The Labute approximate surface area is 114 Å². The van der Waals surface area contributed by atoms with E-state index in [1.165, 1.54) is 6.07 Å². The lowest BCUT2D eigenvalue weighted by atomic mass is 10.3. The molecule has 1 N–H and O–H groups in total. The fourth-order valence-corrected chi connectivity index (χ4v) is 1.73. The quantitative estimate of drug-likeness (QED) is 0.840. The lowest BCUT2D eigenvalue weighted by molar-refractivity contribution is 0.331. The number of ether oxygens (including phenoxy) is 1. The van der Waals surface area contributed by atoms with Crippen LogP contribution in [0.3, 0.4) is 0 Å². The van der Waals surface area contributed by atoms with Gasteiger partial charge in [-0.15, -0.1) is 0 Å². The molecule has 0 radical (unpaired) electrons. The van der Waals surface area contributed by atoms with Crippen LogP contribution in [-0.2, 0) is 0 Å². The van der Waals surface area contributed by atoms with Gasteiger partial charge in [0.1, 0.15) is 18.2 Å². The molecule has 0 heterocycles. The first kappa shape index (κ1) is 12.9. The number of anilines is 1. The molecule has 2 aromatic rings. The summed E-state index contributed by atoms with van der Waals surface area (Å²) in [6.07, 6.45) is 0. The third kappa shape index (κ3) is 3.74. The van der Waals surface area contributed by atoms with Crippen molar-refractivity contribution in [3.63, 3.8) is 0 Å². The molecule has 2 aromatic carbocycles. The molecule has 2 rings (SSSR count). The van der Waals surface area contributed by atoms with Crippen molar-refractivity contribution in [2.45, 2.75) is 0 Å². The largest absolute Gasteiger partial charge is 0.492 e. The van der Waals surface area contributed by atoms with Gasteiger partial charge in [-0.05, 0) is 40.2 Å². The monoisotopic (exact) mass is 309 g/mol. The molecule has 18 heavy (non-hydrogen) atoms. The zero-order chi connectivity index (χ0) is 12.8. The third-order valence-corrected chi connectivity index (χ3v) is 3.01. The molecule has 0 amide bonds. The van der Waals surface area contributed by atoms with Crippen molar-refractivity contribution in [2.24, 2.45) is 0 Å². The van der Waals surface area contributed by atoms with E-state index in [0.717, 1.165) is 5.69 Å². The highest BCUT2D eigenvalue weighted by Gasteiger charge is 2.00. The summed E-state index contributed by atoms with van der Waals surface area (Å²) >= 11 is 3.10. The van der Waals surface area contributed by atoms with E-state index in [1.807, 2.05) is 30.3 Å². The van der Waals surface area contributed by atoms with Crippen LogP contribution in [0.5, 0.6) is 5.75 Å². The normalized spacial score (nSPS) is 10.1. The van der Waals surface area contributed by atoms with Crippen molar-refractivity contribution < 1.29 is 9.13 Å². The van der Waals surface area contributed by atoms with Crippen LogP contribution in [0.25, 0.3) is 0 Å². The maximum absolute atomic E-state index is 13.2. The second-order valence-electron chi connectivity index (χ2n) is 3.72. The number of rotatable bonds is 5. The van der Waals surface area contributed by atoms with Crippen LogP contribution in [0, 0.1) is 5.82 Å². The molecular weight excluding hydrogens is 297 g/mol. The van der Waals surface area contributed by atoms with Gasteiger partial charge in [-0.2, -0.15) is 0 Å². The van der Waals surface area contributed by atoms with E-state index in [0.29, 0.717) is 23.4 Å². The first-order chi connectivity index (χ1) is 8.75. The number of nitrogens with one attached hydrogen (secondary N) is 1. The van der Waals surface area contributed by atoms with Gasteiger partial charge in [-0.25, -0.2) is 4.39 Å². The van der Waals surface area contributed by atoms with Gasteiger partial charge < -0.3 is 10.1 Å². The van der Waals surface area contributed by atoms with E-state index in [4.69, 9.17) is 4.74 Å². The Morgan fingerprint density at radius 1 is 1.11 bits per heavy atom. The van der Waals surface area contributed by atoms with Crippen LogP contribution in [-0.4, -0.2) is 13.2 Å². The number of benzene rings is 2. The molecule has 0 unspecified atom stereocenters. The Morgan fingerprint density at radius 2 is 1.89 bits per heavy atom. The molecule has 2 nitrogen and oxygen atoms in total. The number of hydrogen-bond acceptors (Lipinski definition) is 2. The smallest absolute Gasteiger partial charge is 0.141 e. The molecule has 0 bridgehead atoms. The van der Waals surface area contributed by atoms with E-state index in [9.17, 15) is 4.39 Å². The van der Waals surface area contributed by atoms with E-state index >= 15 is 0 Å². The minimum absolute atomic E-state index is 0.316. The van der Waals surface area contributed by atoms with Crippen molar-refractivity contribution in [3.05, 3.63) is 58.8 Å². The summed E-state index contributed by atoms with van der Waals surface area (Å²) in [4.78, 5) is 0. The van der Waals surface area contributed by atoms with Crippen LogP contribution >= 0.6 is 15.9 Å². The minimum atomic E-state index is -0.316. The van der Waals surface area contributed by atoms with Gasteiger partial charge in [-0.1, -0.05) is 18.2 Å². The molecule has 0 saturated carbocycles. The number of hydrogen-bond donors (Lipinski definition) is 1. The standard InChI is InChI=1S/C14H13BrFNO/c15-13-7-6-12(10-14(13)16)18-9-8-17-11-4-2-1-3-5-11/h1-7,10,17H,8-9H2. The van der Waals surface area contributed by atoms with Gasteiger partial charge in [0.25, 0.3) is 0 Å². The second kappa shape index (κ2) is 6.40. The summed E-state index contributed by atoms with van der Waals surface area (Å²) in [6, 6.07) is 14.6. The summed E-state index contributed by atoms with van der Waals surface area (Å²) < 4.78 is 19.1. The summed E-state index contributed by atoms with van der Waals surface area (Å²) in [6.45, 7) is 1.15. The molecule has 0 aliphatic carbocycles. The average molecular weight is 310 g/mol. The SMILES string of the molecule is Fc1cc(OCCNc2ccccc2)ccc1Br. The Bertz CT molecular complexity index is 504. The summed E-state index contributed by atoms with van der Waals surface area (Å²) in [5.74, 6) is 0.217. The zero-order valence-electron chi connectivity index (χ0n) is 9.70. The van der Waals surface area contributed by atoms with Gasteiger partial charge in [0.15, 0.2) is 0 Å². The zero-order valence-corrected chi connectivity index (χ0v) is 11.3. The van der Waals surface area contributed by atoms with E-state index in [-0.39, 0.29) is 5.82 Å². The van der Waals surface area contributed by atoms with Crippen LogP contribution in [0.1, 0.15) is 0 Å². The van der Waals surface area contributed by atoms with Gasteiger partial charge in [0.05, 0.1) is 4.47 Å². The number of para-hydroxylation sites is 1. The predicted octanol–water partition coefficient (Wildman–Crippen LogP) is 4.08. The van der Waals surface area contributed by atoms with E-state index in [1.54, 1.807) is 12.1 Å². The molecule has 0 aromatic heterocycles. The predicted molar refractivity (Wildman–Crippen MR) is 74.5 cm³/mol. The second-order valence-corrected chi connectivity index (χ2v) is 4.57. The highest BCUT2D eigenvalue weighted by molar-refractivity contribution is 9.10. The number of halogens is 2. The molecular formula is C14H13BrFNO. The van der Waals surface area contributed by atoms with Gasteiger partial charge >= 0.3 is 0 Å². The van der Waals surface area contributed by atoms with Crippen molar-refractivity contribution in [1.29, 1.82) is 0 Å². The minimum Gasteiger partial charge on any atom is -0.492 e. The third-order valence-electron chi connectivity index (χ3n) is 2.36. The Hall–Kier alpha value is -1.55. The topological polar surface area (TPSA) is 21.3 Å². The van der Waals surface area contributed by atoms with E-state index in [2.05, 4.69) is 21.2 Å². The van der Waals surface area contributed by atoms with Crippen molar-refractivity contribution in [2.75, 3.05) is 18.5 Å². The molecule has 0 fully saturated rings. The Kier molecular flexibility index (Phi) is 4.59. The van der Waals surface area contributed by atoms with Gasteiger partial charge in [0.2, 0.25) is 0 Å². The molecule has 0 saturated heterocycles. The summed E-state index contributed by atoms with van der Waals surface area (Å²) in [5.41, 5.74) is 1.04. The van der Waals surface area contributed by atoms with Gasteiger partial charge in [-0.3, -0.25) is 0 Å². The molecule has 94 valence electrons. The van der Waals surface area contributed by atoms with Crippen molar-refractivity contribution in [3.8, 4) is 5.75 Å². The van der Waals surface area contributed by atoms with Crippen LogP contribution in [0.15, 0.2) is 53.0 Å². The lowest BCUT2D eigenvalue weighted by Crippen LogP contribution is -2.11. The molecule has 0 atom stereocenters. The van der Waals surface area contributed by atoms with Crippen molar-refractivity contribution in [1.82, 2.24) is 0 Å². The van der Waals surface area contributed by atoms with Crippen LogP contribution < -0.4 is 10.1 Å². The first-order valence-corrected chi connectivity index (χ1v) is 6.42. The average Bonchev–Trinajstić information content (AvgIpc) is 2.40. The first-order valence-electron chi connectivity index (χ1n) is 5.62. The summed E-state index contributed by atoms with van der Waals surface area (Å²) in [7, 11) is 0. The highest BCUT2D eigenvalue weighted by Crippen LogP contribution is 2.20. The Balaban J connectivity index is 1.77. The van der Waals surface area contributed by atoms with Crippen LogP contribution in [0.4, 0.5) is 10.1 Å². The fraction of sp³-hybridized carbons (Fsp3) is 0.143. The van der Waals surface area contributed by atoms with Gasteiger partial charge in [0, 0.05) is 18.3 Å². The van der Waals surface area contributed by atoms with E-state index < -0.39 is 0 Å². The Morgan fingerprint density at radius 3 is 2.61 bits per heavy atom. The fourth-order valence-electron chi connectivity index (χ4n) is 1.49. The molecule has 4 heteroatoms.